The number of benzene rings is 1. The molecule has 0 radical (unpaired) electrons. The normalized spacial score (nSPS) is 10.5. The fourth-order valence-electron chi connectivity index (χ4n) is 2.30. The first-order valence-corrected chi connectivity index (χ1v) is 7.37. The van der Waals surface area contributed by atoms with E-state index in [4.69, 9.17) is 5.11 Å². The van der Waals surface area contributed by atoms with E-state index in [1.54, 1.807) is 4.68 Å². The van der Waals surface area contributed by atoms with Crippen LogP contribution in [0.2, 0.25) is 0 Å². The molecule has 0 spiro atoms. The van der Waals surface area contributed by atoms with Gasteiger partial charge in [0.15, 0.2) is 11.6 Å². The van der Waals surface area contributed by atoms with Crippen molar-refractivity contribution >= 4 is 11.8 Å². The average Bonchev–Trinajstić information content (AvgIpc) is 2.97. The molecule has 0 aliphatic rings. The topological polar surface area (TPSA) is 106 Å². The lowest BCUT2D eigenvalue weighted by Gasteiger charge is -2.06. The number of aryl methyl sites for hydroxylation is 1. The van der Waals surface area contributed by atoms with Crippen LogP contribution in [-0.2, 0) is 13.5 Å². The smallest absolute Gasteiger partial charge is 0.341 e. The minimum Gasteiger partial charge on any atom is -0.477 e. The van der Waals surface area contributed by atoms with E-state index >= 15 is 0 Å². The highest BCUT2D eigenvalue weighted by molar-refractivity contribution is 5.92. The minimum absolute atomic E-state index is 0.0384. The van der Waals surface area contributed by atoms with Gasteiger partial charge in [-0.25, -0.2) is 24.4 Å². The summed E-state index contributed by atoms with van der Waals surface area (Å²) in [5.41, 5.74) is 1.03. The lowest BCUT2D eigenvalue weighted by molar-refractivity contribution is 0.0697. The maximum absolute atomic E-state index is 11.1. The highest BCUT2D eigenvalue weighted by Gasteiger charge is 2.12. The van der Waals surface area contributed by atoms with Gasteiger partial charge < -0.3 is 10.4 Å². The molecule has 3 rings (SSSR count). The van der Waals surface area contributed by atoms with Crippen LogP contribution >= 0.6 is 0 Å². The Bertz CT molecular complexity index is 847. The van der Waals surface area contributed by atoms with E-state index in [0.717, 1.165) is 11.4 Å². The van der Waals surface area contributed by atoms with Crippen LogP contribution in [0.25, 0.3) is 11.4 Å². The number of hydrogen-bond donors (Lipinski definition) is 2. The number of aromatic nitrogens is 5. The van der Waals surface area contributed by atoms with E-state index in [2.05, 4.69) is 25.4 Å². The number of rotatable bonds is 6. The zero-order valence-electron chi connectivity index (χ0n) is 13.0. The number of carbonyl (C=O) groups is 1. The summed E-state index contributed by atoms with van der Waals surface area (Å²) < 4.78 is 1.73. The predicted octanol–water partition coefficient (Wildman–Crippen LogP) is 1.62. The van der Waals surface area contributed by atoms with Crippen molar-refractivity contribution in [2.75, 3.05) is 11.9 Å². The summed E-state index contributed by atoms with van der Waals surface area (Å²) in [5.74, 6) is 0.686. The maximum Gasteiger partial charge on any atom is 0.341 e. The van der Waals surface area contributed by atoms with E-state index < -0.39 is 5.97 Å². The summed E-state index contributed by atoms with van der Waals surface area (Å²) in [7, 11) is 1.85. The molecule has 2 heterocycles. The van der Waals surface area contributed by atoms with Gasteiger partial charge in [0.1, 0.15) is 17.7 Å². The molecular formula is C16H16N6O2. The lowest BCUT2D eigenvalue weighted by atomic mass is 10.2. The van der Waals surface area contributed by atoms with Crippen molar-refractivity contribution in [1.29, 1.82) is 0 Å². The molecule has 0 bridgehead atoms. The van der Waals surface area contributed by atoms with E-state index in [0.29, 0.717) is 18.8 Å². The number of nitrogens with zero attached hydrogens (tertiary/aromatic N) is 5. The highest BCUT2D eigenvalue weighted by atomic mass is 16.4. The molecule has 3 aromatic rings. The molecule has 122 valence electrons. The van der Waals surface area contributed by atoms with Gasteiger partial charge in [-0.3, -0.25) is 0 Å². The van der Waals surface area contributed by atoms with Crippen LogP contribution in [0.1, 0.15) is 16.2 Å². The molecule has 0 aliphatic heterocycles. The van der Waals surface area contributed by atoms with Gasteiger partial charge in [-0.15, -0.1) is 0 Å². The molecule has 0 saturated heterocycles. The lowest BCUT2D eigenvalue weighted by Crippen LogP contribution is -2.12. The molecule has 0 saturated carbocycles. The van der Waals surface area contributed by atoms with Gasteiger partial charge in [0, 0.05) is 31.8 Å². The van der Waals surface area contributed by atoms with Crippen LogP contribution in [0.4, 0.5) is 5.82 Å². The number of aromatic carboxylic acids is 1. The van der Waals surface area contributed by atoms with Crippen LogP contribution in [0.15, 0.2) is 42.9 Å². The molecule has 1 aromatic carbocycles. The van der Waals surface area contributed by atoms with Crippen molar-refractivity contribution in [2.24, 2.45) is 7.05 Å². The van der Waals surface area contributed by atoms with Gasteiger partial charge in [0.25, 0.3) is 0 Å². The van der Waals surface area contributed by atoms with Crippen molar-refractivity contribution in [3.8, 4) is 11.4 Å². The molecule has 0 fully saturated rings. The molecule has 8 nitrogen and oxygen atoms in total. The molecule has 0 atom stereocenters. The second-order valence-corrected chi connectivity index (χ2v) is 5.11. The van der Waals surface area contributed by atoms with Gasteiger partial charge in [0.2, 0.25) is 0 Å². The Morgan fingerprint density at radius 1 is 1.29 bits per heavy atom. The van der Waals surface area contributed by atoms with Gasteiger partial charge in [-0.05, 0) is 0 Å². The Balaban J connectivity index is 1.67. The van der Waals surface area contributed by atoms with Crippen molar-refractivity contribution < 1.29 is 9.90 Å². The Morgan fingerprint density at radius 2 is 2.08 bits per heavy atom. The first-order chi connectivity index (χ1) is 11.6. The van der Waals surface area contributed by atoms with Crippen LogP contribution in [0.3, 0.4) is 0 Å². The van der Waals surface area contributed by atoms with Crippen molar-refractivity contribution in [3.05, 3.63) is 54.2 Å². The molecule has 0 aliphatic carbocycles. The second-order valence-electron chi connectivity index (χ2n) is 5.11. The highest BCUT2D eigenvalue weighted by Crippen LogP contribution is 2.16. The fraction of sp³-hybridized carbons (Fsp3) is 0.188. The zero-order valence-corrected chi connectivity index (χ0v) is 13.0. The standard InChI is InChI=1S/C16H16N6O2/c1-22-15(11-5-3-2-4-6-11)20-13(21-22)7-8-18-14-12(16(23)24)9-17-10-19-14/h2-6,9-10H,7-8H2,1H3,(H,23,24)(H,17,18,19). The fourth-order valence-corrected chi connectivity index (χ4v) is 2.30. The summed E-state index contributed by atoms with van der Waals surface area (Å²) in [6, 6.07) is 9.81. The monoisotopic (exact) mass is 324 g/mol. The van der Waals surface area contributed by atoms with Crippen LogP contribution in [0.5, 0.6) is 0 Å². The average molecular weight is 324 g/mol. The van der Waals surface area contributed by atoms with Gasteiger partial charge >= 0.3 is 5.97 Å². The third-order valence-electron chi connectivity index (χ3n) is 3.42. The third-order valence-corrected chi connectivity index (χ3v) is 3.42. The van der Waals surface area contributed by atoms with Crippen molar-refractivity contribution in [2.45, 2.75) is 6.42 Å². The van der Waals surface area contributed by atoms with Crippen molar-refractivity contribution in [3.63, 3.8) is 0 Å². The maximum atomic E-state index is 11.1. The molecule has 24 heavy (non-hydrogen) atoms. The molecule has 0 amide bonds. The minimum atomic E-state index is -1.07. The Kier molecular flexibility index (Phi) is 4.46. The SMILES string of the molecule is Cn1nc(CCNc2ncncc2C(=O)O)nc1-c1ccccc1. The van der Waals surface area contributed by atoms with E-state index in [1.165, 1.54) is 12.5 Å². The van der Waals surface area contributed by atoms with E-state index in [9.17, 15) is 4.79 Å². The summed E-state index contributed by atoms with van der Waals surface area (Å²) in [5, 5.41) is 16.5. The van der Waals surface area contributed by atoms with Gasteiger partial charge in [-0.1, -0.05) is 30.3 Å². The Hall–Kier alpha value is -3.29. The first kappa shape index (κ1) is 15.6. The number of nitrogens with one attached hydrogen (secondary N) is 1. The summed E-state index contributed by atoms with van der Waals surface area (Å²) >= 11 is 0. The number of hydrogen-bond acceptors (Lipinski definition) is 6. The Morgan fingerprint density at radius 3 is 2.83 bits per heavy atom. The number of carboxylic acid groups (broad SMARTS) is 1. The van der Waals surface area contributed by atoms with E-state index in [-0.39, 0.29) is 11.4 Å². The molecular weight excluding hydrogens is 308 g/mol. The summed E-state index contributed by atoms with van der Waals surface area (Å²) in [4.78, 5) is 23.3. The summed E-state index contributed by atoms with van der Waals surface area (Å²) in [6.45, 7) is 0.468. The van der Waals surface area contributed by atoms with Crippen LogP contribution in [0, 0.1) is 0 Å². The predicted molar refractivity (Wildman–Crippen MR) is 87.6 cm³/mol. The van der Waals surface area contributed by atoms with Crippen LogP contribution < -0.4 is 5.32 Å². The van der Waals surface area contributed by atoms with Crippen LogP contribution in [-0.4, -0.2) is 42.4 Å². The molecule has 2 aromatic heterocycles. The zero-order chi connectivity index (χ0) is 16.9. The second kappa shape index (κ2) is 6.86. The first-order valence-electron chi connectivity index (χ1n) is 7.37. The molecule has 0 unspecified atom stereocenters. The summed E-state index contributed by atoms with van der Waals surface area (Å²) in [6.07, 6.45) is 3.12. The quantitative estimate of drug-likeness (QED) is 0.709. The number of carboxylic acids is 1. The van der Waals surface area contributed by atoms with Gasteiger partial charge in [-0.2, -0.15) is 5.10 Å². The Labute approximate surface area is 138 Å². The number of anilines is 1. The third kappa shape index (κ3) is 3.37. The van der Waals surface area contributed by atoms with Gasteiger partial charge in [0.05, 0.1) is 0 Å². The molecule has 2 N–H and O–H groups in total. The molecule has 8 heteroatoms. The van der Waals surface area contributed by atoms with Crippen molar-refractivity contribution in [1.82, 2.24) is 24.7 Å². The van der Waals surface area contributed by atoms with E-state index in [1.807, 2.05) is 37.4 Å². The largest absolute Gasteiger partial charge is 0.477 e.